The molecule has 0 amide bonds. The molecule has 0 aromatic heterocycles. The quantitative estimate of drug-likeness (QED) is 0.596. The largest absolute Gasteiger partial charge is 0.378 e. The molecule has 1 heterocycles. The van der Waals surface area contributed by atoms with Crippen LogP contribution in [-0.4, -0.2) is 28.7 Å². The zero-order valence-electron chi connectivity index (χ0n) is 6.92. The summed E-state index contributed by atoms with van der Waals surface area (Å²) >= 11 is 0. The molecule has 1 aliphatic heterocycles. The maximum atomic E-state index is 9.26. The van der Waals surface area contributed by atoms with Crippen LogP contribution in [0.5, 0.6) is 0 Å². The van der Waals surface area contributed by atoms with E-state index in [4.69, 9.17) is 4.74 Å². The van der Waals surface area contributed by atoms with Crippen LogP contribution >= 0.6 is 0 Å². The minimum Gasteiger partial charge on any atom is -0.378 e. The number of hydrogen-bond donors (Lipinski definition) is 2. The first kappa shape index (κ1) is 8.97. The van der Waals surface area contributed by atoms with Crippen LogP contribution in [0.3, 0.4) is 0 Å². The molecule has 66 valence electrons. The Morgan fingerprint density at radius 2 is 2.27 bits per heavy atom. The second-order valence-corrected chi connectivity index (χ2v) is 3.18. The highest BCUT2D eigenvalue weighted by Crippen LogP contribution is 2.22. The van der Waals surface area contributed by atoms with Crippen LogP contribution in [0.15, 0.2) is 0 Å². The predicted molar refractivity (Wildman–Crippen MR) is 41.1 cm³/mol. The number of rotatable bonds is 3. The molecular weight excluding hydrogens is 144 g/mol. The Balaban J connectivity index is 2.28. The molecule has 1 rings (SSSR count). The summed E-state index contributed by atoms with van der Waals surface area (Å²) in [6.45, 7) is 2.53. The third kappa shape index (κ3) is 2.77. The molecular formula is C8H16O3. The van der Waals surface area contributed by atoms with E-state index in [2.05, 4.69) is 0 Å². The SMILES string of the molecule is CCC(O)(O)CC1CCCO1. The van der Waals surface area contributed by atoms with Gasteiger partial charge in [0.1, 0.15) is 0 Å². The molecule has 3 nitrogen and oxygen atoms in total. The van der Waals surface area contributed by atoms with Gasteiger partial charge in [0.2, 0.25) is 0 Å². The Bertz CT molecular complexity index is 117. The van der Waals surface area contributed by atoms with Crippen LogP contribution in [0, 0.1) is 0 Å². The van der Waals surface area contributed by atoms with Crippen LogP contribution in [0.2, 0.25) is 0 Å². The summed E-state index contributed by atoms with van der Waals surface area (Å²) in [5, 5.41) is 18.5. The van der Waals surface area contributed by atoms with Gasteiger partial charge in [-0.15, -0.1) is 0 Å². The fourth-order valence-corrected chi connectivity index (χ4v) is 1.31. The molecule has 0 radical (unpaired) electrons. The van der Waals surface area contributed by atoms with Crippen molar-refractivity contribution in [3.8, 4) is 0 Å². The fourth-order valence-electron chi connectivity index (χ4n) is 1.31. The predicted octanol–water partition coefficient (Wildman–Crippen LogP) is 0.646. The number of ether oxygens (including phenoxy) is 1. The third-order valence-corrected chi connectivity index (χ3v) is 2.14. The summed E-state index contributed by atoms with van der Waals surface area (Å²) in [6, 6.07) is 0. The van der Waals surface area contributed by atoms with Crippen molar-refractivity contribution in [2.45, 2.75) is 44.5 Å². The maximum absolute atomic E-state index is 9.26. The lowest BCUT2D eigenvalue weighted by atomic mass is 10.0. The van der Waals surface area contributed by atoms with Crippen molar-refractivity contribution in [1.29, 1.82) is 0 Å². The smallest absolute Gasteiger partial charge is 0.164 e. The standard InChI is InChI=1S/C8H16O3/c1-2-8(9,10)6-7-4-3-5-11-7/h7,9-10H,2-6H2,1H3. The lowest BCUT2D eigenvalue weighted by Gasteiger charge is -2.22. The second-order valence-electron chi connectivity index (χ2n) is 3.18. The first-order chi connectivity index (χ1) is 5.14. The zero-order valence-corrected chi connectivity index (χ0v) is 6.92. The van der Waals surface area contributed by atoms with Crippen molar-refractivity contribution in [3.05, 3.63) is 0 Å². The van der Waals surface area contributed by atoms with Gasteiger partial charge in [0.15, 0.2) is 5.79 Å². The second kappa shape index (κ2) is 3.52. The van der Waals surface area contributed by atoms with E-state index in [0.29, 0.717) is 12.8 Å². The van der Waals surface area contributed by atoms with Gasteiger partial charge in [-0.1, -0.05) is 6.92 Å². The van der Waals surface area contributed by atoms with E-state index >= 15 is 0 Å². The normalized spacial score (nSPS) is 25.9. The van der Waals surface area contributed by atoms with Gasteiger partial charge in [0.05, 0.1) is 6.10 Å². The van der Waals surface area contributed by atoms with E-state index in [9.17, 15) is 10.2 Å². The molecule has 1 unspecified atom stereocenters. The van der Waals surface area contributed by atoms with Gasteiger partial charge in [0, 0.05) is 13.0 Å². The van der Waals surface area contributed by atoms with Crippen LogP contribution in [0.1, 0.15) is 32.6 Å². The summed E-state index contributed by atoms with van der Waals surface area (Å²) in [6.07, 6.45) is 2.79. The van der Waals surface area contributed by atoms with Gasteiger partial charge < -0.3 is 14.9 Å². The third-order valence-electron chi connectivity index (χ3n) is 2.14. The van der Waals surface area contributed by atoms with Crippen molar-refractivity contribution >= 4 is 0 Å². The van der Waals surface area contributed by atoms with Crippen molar-refractivity contribution < 1.29 is 14.9 Å². The highest BCUT2D eigenvalue weighted by molar-refractivity contribution is 4.73. The monoisotopic (exact) mass is 160 g/mol. The van der Waals surface area contributed by atoms with Gasteiger partial charge in [0.25, 0.3) is 0 Å². The summed E-state index contributed by atoms with van der Waals surface area (Å²) in [4.78, 5) is 0. The number of hydrogen-bond acceptors (Lipinski definition) is 3. The number of aliphatic hydroxyl groups is 2. The van der Waals surface area contributed by atoms with Gasteiger partial charge in [-0.2, -0.15) is 0 Å². The lowest BCUT2D eigenvalue weighted by Crippen LogP contribution is -2.31. The van der Waals surface area contributed by atoms with Crippen molar-refractivity contribution in [2.75, 3.05) is 6.61 Å². The highest BCUT2D eigenvalue weighted by Gasteiger charge is 2.28. The van der Waals surface area contributed by atoms with Gasteiger partial charge >= 0.3 is 0 Å². The molecule has 3 heteroatoms. The van der Waals surface area contributed by atoms with Crippen LogP contribution < -0.4 is 0 Å². The van der Waals surface area contributed by atoms with E-state index in [-0.39, 0.29) is 6.10 Å². The van der Waals surface area contributed by atoms with E-state index in [1.54, 1.807) is 6.92 Å². The lowest BCUT2D eigenvalue weighted by molar-refractivity contribution is -0.182. The van der Waals surface area contributed by atoms with Crippen molar-refractivity contribution in [3.63, 3.8) is 0 Å². The van der Waals surface area contributed by atoms with E-state index in [0.717, 1.165) is 19.4 Å². The van der Waals surface area contributed by atoms with E-state index < -0.39 is 5.79 Å². The molecule has 0 aromatic rings. The summed E-state index contributed by atoms with van der Waals surface area (Å²) in [7, 11) is 0. The van der Waals surface area contributed by atoms with Crippen LogP contribution in [0.25, 0.3) is 0 Å². The van der Waals surface area contributed by atoms with E-state index in [1.165, 1.54) is 0 Å². The Hall–Kier alpha value is -0.120. The van der Waals surface area contributed by atoms with Gasteiger partial charge in [-0.25, -0.2) is 0 Å². The van der Waals surface area contributed by atoms with Crippen molar-refractivity contribution in [1.82, 2.24) is 0 Å². The first-order valence-electron chi connectivity index (χ1n) is 4.20. The van der Waals surface area contributed by atoms with E-state index in [1.807, 2.05) is 0 Å². The van der Waals surface area contributed by atoms with Gasteiger partial charge in [-0.3, -0.25) is 0 Å². The Morgan fingerprint density at radius 3 is 2.73 bits per heavy atom. The minimum atomic E-state index is -1.52. The average molecular weight is 160 g/mol. The molecule has 1 aliphatic rings. The molecule has 0 aromatic carbocycles. The van der Waals surface area contributed by atoms with Crippen LogP contribution in [0.4, 0.5) is 0 Å². The Labute approximate surface area is 67.0 Å². The molecule has 1 fully saturated rings. The molecule has 0 spiro atoms. The molecule has 2 N–H and O–H groups in total. The fraction of sp³-hybridized carbons (Fsp3) is 1.00. The molecule has 11 heavy (non-hydrogen) atoms. The topological polar surface area (TPSA) is 49.7 Å². The summed E-state index contributed by atoms with van der Waals surface area (Å²) in [5.41, 5.74) is 0. The molecule has 0 bridgehead atoms. The Morgan fingerprint density at radius 1 is 1.55 bits per heavy atom. The summed E-state index contributed by atoms with van der Waals surface area (Å²) < 4.78 is 5.27. The van der Waals surface area contributed by atoms with Crippen LogP contribution in [-0.2, 0) is 4.74 Å². The highest BCUT2D eigenvalue weighted by atomic mass is 16.5. The van der Waals surface area contributed by atoms with Crippen molar-refractivity contribution in [2.24, 2.45) is 0 Å². The van der Waals surface area contributed by atoms with Gasteiger partial charge in [-0.05, 0) is 19.3 Å². The Kier molecular flexibility index (Phi) is 2.87. The molecule has 1 atom stereocenters. The maximum Gasteiger partial charge on any atom is 0.164 e. The molecule has 1 saturated heterocycles. The minimum absolute atomic E-state index is 0.0601. The molecule has 0 aliphatic carbocycles. The summed E-state index contributed by atoms with van der Waals surface area (Å²) in [5.74, 6) is -1.52. The molecule has 0 saturated carbocycles. The average Bonchev–Trinajstić information content (AvgIpc) is 2.39. The zero-order chi connectivity index (χ0) is 8.32. The first-order valence-corrected chi connectivity index (χ1v) is 4.20.